The number of nitrogens with zero attached hydrogens (tertiary/aromatic N) is 4. The van der Waals surface area contributed by atoms with Crippen LogP contribution in [0.2, 0.25) is 0 Å². The van der Waals surface area contributed by atoms with Crippen LogP contribution in [-0.4, -0.2) is 38.8 Å². The third-order valence-electron chi connectivity index (χ3n) is 3.58. The molecule has 18 heavy (non-hydrogen) atoms. The molecular formula is C14H24N4. The molecule has 1 atom stereocenters. The molecule has 1 aliphatic rings. The Kier molecular flexibility index (Phi) is 4.17. The predicted octanol–water partition coefficient (Wildman–Crippen LogP) is 2.33. The summed E-state index contributed by atoms with van der Waals surface area (Å²) >= 11 is 0. The van der Waals surface area contributed by atoms with E-state index in [0.717, 1.165) is 24.7 Å². The molecule has 0 aliphatic carbocycles. The van der Waals surface area contributed by atoms with Crippen LogP contribution in [0, 0.1) is 13.8 Å². The van der Waals surface area contributed by atoms with Gasteiger partial charge in [0.15, 0.2) is 0 Å². The summed E-state index contributed by atoms with van der Waals surface area (Å²) in [6.45, 7) is 11.6. The number of likely N-dealkylation sites (tertiary alicyclic amines) is 1. The van der Waals surface area contributed by atoms with Crippen molar-refractivity contribution in [2.75, 3.05) is 13.1 Å². The number of allylic oxidation sites excluding steroid dienone is 1. The van der Waals surface area contributed by atoms with Crippen molar-refractivity contribution in [1.29, 1.82) is 0 Å². The van der Waals surface area contributed by atoms with Crippen LogP contribution < -0.4 is 0 Å². The van der Waals surface area contributed by atoms with Gasteiger partial charge in [-0.1, -0.05) is 11.6 Å². The standard InChI is InChI=1S/C14H24N4/c1-11(2)7-9-17-8-5-6-14(17)10-18-13(4)15-12(3)16-18/h7,14H,5-6,8-10H2,1-4H3. The van der Waals surface area contributed by atoms with Crippen molar-refractivity contribution in [2.24, 2.45) is 0 Å². The SMILES string of the molecule is CC(C)=CCN1CCCC1Cn1nc(C)nc1C. The van der Waals surface area contributed by atoms with Crippen LogP contribution in [0.15, 0.2) is 11.6 Å². The van der Waals surface area contributed by atoms with Gasteiger partial charge in [-0.25, -0.2) is 9.67 Å². The van der Waals surface area contributed by atoms with E-state index in [1.165, 1.54) is 25.0 Å². The second kappa shape index (κ2) is 5.65. The highest BCUT2D eigenvalue weighted by atomic mass is 15.4. The van der Waals surface area contributed by atoms with Crippen LogP contribution in [-0.2, 0) is 6.54 Å². The van der Waals surface area contributed by atoms with Crippen molar-refractivity contribution in [3.05, 3.63) is 23.3 Å². The molecule has 0 spiro atoms. The Morgan fingerprint density at radius 1 is 1.39 bits per heavy atom. The van der Waals surface area contributed by atoms with Gasteiger partial charge in [0.2, 0.25) is 0 Å². The number of rotatable bonds is 4. The van der Waals surface area contributed by atoms with Crippen LogP contribution in [0.3, 0.4) is 0 Å². The van der Waals surface area contributed by atoms with E-state index in [1.807, 2.05) is 13.8 Å². The van der Waals surface area contributed by atoms with Gasteiger partial charge >= 0.3 is 0 Å². The zero-order chi connectivity index (χ0) is 13.1. The normalized spacial score (nSPS) is 20.3. The minimum absolute atomic E-state index is 0.611. The first kappa shape index (κ1) is 13.3. The summed E-state index contributed by atoms with van der Waals surface area (Å²) in [4.78, 5) is 6.93. The predicted molar refractivity (Wildman–Crippen MR) is 73.5 cm³/mol. The third kappa shape index (κ3) is 3.19. The van der Waals surface area contributed by atoms with Gasteiger partial charge in [-0.2, -0.15) is 5.10 Å². The van der Waals surface area contributed by atoms with E-state index < -0.39 is 0 Å². The quantitative estimate of drug-likeness (QED) is 0.767. The molecule has 1 saturated heterocycles. The summed E-state index contributed by atoms with van der Waals surface area (Å²) in [7, 11) is 0. The van der Waals surface area contributed by atoms with E-state index in [-0.39, 0.29) is 0 Å². The Morgan fingerprint density at radius 3 is 2.78 bits per heavy atom. The number of aromatic nitrogens is 3. The van der Waals surface area contributed by atoms with Crippen LogP contribution in [0.5, 0.6) is 0 Å². The van der Waals surface area contributed by atoms with Gasteiger partial charge in [0.05, 0.1) is 6.54 Å². The summed E-state index contributed by atoms with van der Waals surface area (Å²) in [6.07, 6.45) is 4.89. The summed E-state index contributed by atoms with van der Waals surface area (Å²) in [6, 6.07) is 0.611. The average molecular weight is 248 g/mol. The fourth-order valence-electron chi connectivity index (χ4n) is 2.58. The second-order valence-corrected chi connectivity index (χ2v) is 5.46. The highest BCUT2D eigenvalue weighted by molar-refractivity contribution is 4.97. The molecule has 4 nitrogen and oxygen atoms in total. The third-order valence-corrected chi connectivity index (χ3v) is 3.58. The highest BCUT2D eigenvalue weighted by Crippen LogP contribution is 2.19. The lowest BCUT2D eigenvalue weighted by Gasteiger charge is -2.23. The molecule has 2 heterocycles. The first-order valence-corrected chi connectivity index (χ1v) is 6.81. The zero-order valence-electron chi connectivity index (χ0n) is 12.0. The van der Waals surface area contributed by atoms with E-state index >= 15 is 0 Å². The maximum atomic E-state index is 4.47. The minimum Gasteiger partial charge on any atom is -0.295 e. The highest BCUT2D eigenvalue weighted by Gasteiger charge is 2.24. The molecule has 0 N–H and O–H groups in total. The number of aryl methyl sites for hydroxylation is 2. The van der Waals surface area contributed by atoms with Gasteiger partial charge in [0, 0.05) is 12.6 Å². The lowest BCUT2D eigenvalue weighted by atomic mass is 10.2. The van der Waals surface area contributed by atoms with E-state index in [4.69, 9.17) is 0 Å². The summed E-state index contributed by atoms with van der Waals surface area (Å²) in [5.74, 6) is 1.91. The molecular weight excluding hydrogens is 224 g/mol. The molecule has 0 amide bonds. The molecule has 0 saturated carbocycles. The van der Waals surface area contributed by atoms with Crippen LogP contribution in [0.25, 0.3) is 0 Å². The maximum Gasteiger partial charge on any atom is 0.147 e. The van der Waals surface area contributed by atoms with E-state index in [2.05, 4.69) is 39.6 Å². The average Bonchev–Trinajstić information content (AvgIpc) is 2.84. The van der Waals surface area contributed by atoms with Gasteiger partial charge in [-0.3, -0.25) is 4.90 Å². The van der Waals surface area contributed by atoms with Crippen molar-refractivity contribution in [3.63, 3.8) is 0 Å². The topological polar surface area (TPSA) is 34.0 Å². The Morgan fingerprint density at radius 2 is 2.17 bits per heavy atom. The number of hydrogen-bond acceptors (Lipinski definition) is 3. The molecule has 1 aliphatic heterocycles. The Bertz CT molecular complexity index is 429. The molecule has 2 rings (SSSR count). The van der Waals surface area contributed by atoms with Gasteiger partial charge in [-0.05, 0) is 47.1 Å². The van der Waals surface area contributed by atoms with E-state index in [9.17, 15) is 0 Å². The van der Waals surface area contributed by atoms with Gasteiger partial charge < -0.3 is 0 Å². The molecule has 0 bridgehead atoms. The monoisotopic (exact) mass is 248 g/mol. The molecule has 1 fully saturated rings. The summed E-state index contributed by atoms with van der Waals surface area (Å²) in [5.41, 5.74) is 1.40. The van der Waals surface area contributed by atoms with Crippen LogP contribution in [0.1, 0.15) is 38.3 Å². The molecule has 1 unspecified atom stereocenters. The van der Waals surface area contributed by atoms with Crippen molar-refractivity contribution >= 4 is 0 Å². The molecule has 0 aromatic carbocycles. The van der Waals surface area contributed by atoms with E-state index in [1.54, 1.807) is 0 Å². The smallest absolute Gasteiger partial charge is 0.147 e. The summed E-state index contributed by atoms with van der Waals surface area (Å²) in [5, 5.41) is 4.47. The van der Waals surface area contributed by atoms with Crippen LogP contribution >= 0.6 is 0 Å². The summed E-state index contributed by atoms with van der Waals surface area (Å²) < 4.78 is 2.06. The first-order chi connectivity index (χ1) is 8.56. The van der Waals surface area contributed by atoms with Gasteiger partial charge in [0.1, 0.15) is 11.6 Å². The fraction of sp³-hybridized carbons (Fsp3) is 0.714. The maximum absolute atomic E-state index is 4.47. The van der Waals surface area contributed by atoms with Gasteiger partial charge in [-0.15, -0.1) is 0 Å². The zero-order valence-corrected chi connectivity index (χ0v) is 12.0. The number of hydrogen-bond donors (Lipinski definition) is 0. The van der Waals surface area contributed by atoms with Crippen LogP contribution in [0.4, 0.5) is 0 Å². The molecule has 1 aromatic heterocycles. The van der Waals surface area contributed by atoms with Crippen molar-refractivity contribution in [2.45, 2.75) is 53.1 Å². The van der Waals surface area contributed by atoms with Crippen molar-refractivity contribution in [1.82, 2.24) is 19.7 Å². The Labute approximate surface area is 110 Å². The first-order valence-electron chi connectivity index (χ1n) is 6.81. The van der Waals surface area contributed by atoms with Crippen molar-refractivity contribution in [3.8, 4) is 0 Å². The lowest BCUT2D eigenvalue weighted by molar-refractivity contribution is 0.247. The molecule has 100 valence electrons. The second-order valence-electron chi connectivity index (χ2n) is 5.46. The lowest BCUT2D eigenvalue weighted by Crippen LogP contribution is -2.33. The molecule has 4 heteroatoms. The molecule has 1 aromatic rings. The Balaban J connectivity index is 1.99. The fourth-order valence-corrected chi connectivity index (χ4v) is 2.58. The minimum atomic E-state index is 0.611. The van der Waals surface area contributed by atoms with Crippen molar-refractivity contribution < 1.29 is 0 Å². The Hall–Kier alpha value is -1.16. The molecule has 0 radical (unpaired) electrons. The van der Waals surface area contributed by atoms with Gasteiger partial charge in [0.25, 0.3) is 0 Å². The van der Waals surface area contributed by atoms with E-state index in [0.29, 0.717) is 6.04 Å². The largest absolute Gasteiger partial charge is 0.295 e.